The second-order valence-electron chi connectivity index (χ2n) is 1.05. The van der Waals surface area contributed by atoms with Crippen LogP contribution < -0.4 is 5.73 Å². The molecule has 8 heavy (non-hydrogen) atoms. The molecule has 0 saturated heterocycles. The zero-order valence-corrected chi connectivity index (χ0v) is 5.75. The molecule has 5 nitrogen and oxygen atoms in total. The zero-order chi connectivity index (χ0) is 5.11. The number of H-pyrrole nitrogens is 1. The van der Waals surface area contributed by atoms with Crippen LogP contribution >= 0.6 is 17.0 Å². The van der Waals surface area contributed by atoms with Crippen molar-refractivity contribution in [3.63, 3.8) is 0 Å². The van der Waals surface area contributed by atoms with E-state index in [-0.39, 0.29) is 17.0 Å². The van der Waals surface area contributed by atoms with E-state index in [1.54, 1.807) is 0 Å². The Morgan fingerprint density at radius 2 is 2.38 bits per heavy atom. The topological polar surface area (TPSA) is 80.5 Å². The van der Waals surface area contributed by atoms with Gasteiger partial charge >= 0.3 is 0 Å². The van der Waals surface area contributed by atoms with Crippen LogP contribution in [0, 0.1) is 0 Å². The van der Waals surface area contributed by atoms with E-state index in [4.69, 9.17) is 5.73 Å². The lowest BCUT2D eigenvalue weighted by Gasteiger charge is -1.75. The molecule has 6 heteroatoms. The molecule has 0 saturated carbocycles. The van der Waals surface area contributed by atoms with Gasteiger partial charge in [0.25, 0.3) is 0 Å². The Hall–Kier alpha value is -0.490. The first-order valence-corrected chi connectivity index (χ1v) is 1.86. The summed E-state index contributed by atoms with van der Waals surface area (Å²) in [6.45, 7) is 0.368. The Morgan fingerprint density at radius 3 is 2.62 bits per heavy atom. The number of nitrogens with zero attached hydrogens (tertiary/aromatic N) is 3. The summed E-state index contributed by atoms with van der Waals surface area (Å²) in [6.07, 6.45) is 0. The number of rotatable bonds is 1. The minimum Gasteiger partial charge on any atom is -0.324 e. The highest BCUT2D eigenvalue weighted by atomic mass is 79.9. The molecule has 1 aromatic heterocycles. The molecule has 0 aromatic carbocycles. The molecule has 0 atom stereocenters. The van der Waals surface area contributed by atoms with Crippen molar-refractivity contribution in [3.8, 4) is 0 Å². The van der Waals surface area contributed by atoms with Gasteiger partial charge in [-0.1, -0.05) is 0 Å². The van der Waals surface area contributed by atoms with E-state index >= 15 is 0 Å². The lowest BCUT2D eigenvalue weighted by atomic mass is 10.7. The van der Waals surface area contributed by atoms with Gasteiger partial charge < -0.3 is 5.73 Å². The van der Waals surface area contributed by atoms with Gasteiger partial charge in [-0.3, -0.25) is 0 Å². The SMILES string of the molecule is Br.NCc1nnn[nH]1. The number of aromatic amines is 1. The summed E-state index contributed by atoms with van der Waals surface area (Å²) in [4.78, 5) is 0. The van der Waals surface area contributed by atoms with Crippen molar-refractivity contribution in [1.82, 2.24) is 20.6 Å². The maximum atomic E-state index is 5.12. The predicted molar refractivity (Wildman–Crippen MR) is 32.4 cm³/mol. The average molecular weight is 180 g/mol. The number of hydrogen-bond acceptors (Lipinski definition) is 4. The molecule has 3 N–H and O–H groups in total. The van der Waals surface area contributed by atoms with Gasteiger partial charge in [-0.25, -0.2) is 5.10 Å². The van der Waals surface area contributed by atoms with Crippen LogP contribution in [-0.4, -0.2) is 20.6 Å². The molecule has 0 unspecified atom stereocenters. The number of hydrogen-bond donors (Lipinski definition) is 2. The van der Waals surface area contributed by atoms with Crippen LogP contribution in [-0.2, 0) is 6.54 Å². The molecule has 0 spiro atoms. The molecule has 0 amide bonds. The summed E-state index contributed by atoms with van der Waals surface area (Å²) in [5.74, 6) is 0.611. The summed E-state index contributed by atoms with van der Waals surface area (Å²) < 4.78 is 0. The molecule has 46 valence electrons. The summed E-state index contributed by atoms with van der Waals surface area (Å²) in [5.41, 5.74) is 5.12. The fraction of sp³-hybridized carbons (Fsp3) is 0.500. The van der Waals surface area contributed by atoms with Gasteiger partial charge in [0.2, 0.25) is 0 Å². The van der Waals surface area contributed by atoms with E-state index in [9.17, 15) is 0 Å². The van der Waals surface area contributed by atoms with Crippen molar-refractivity contribution in [2.24, 2.45) is 5.73 Å². The van der Waals surface area contributed by atoms with Crippen molar-refractivity contribution in [2.45, 2.75) is 6.54 Å². The second kappa shape index (κ2) is 3.50. The Balaban J connectivity index is 0.000000490. The first-order chi connectivity index (χ1) is 3.43. The fourth-order valence-electron chi connectivity index (χ4n) is 0.265. The van der Waals surface area contributed by atoms with E-state index in [0.29, 0.717) is 12.4 Å². The minimum atomic E-state index is 0. The Bertz CT molecular complexity index is 125. The van der Waals surface area contributed by atoms with Gasteiger partial charge in [0.1, 0.15) is 0 Å². The number of nitrogens with one attached hydrogen (secondary N) is 1. The van der Waals surface area contributed by atoms with E-state index in [1.165, 1.54) is 0 Å². The maximum absolute atomic E-state index is 5.12. The smallest absolute Gasteiger partial charge is 0.162 e. The number of halogens is 1. The van der Waals surface area contributed by atoms with Gasteiger partial charge in [-0.05, 0) is 10.4 Å². The molecule has 0 radical (unpaired) electrons. The van der Waals surface area contributed by atoms with Gasteiger partial charge in [0.15, 0.2) is 5.82 Å². The van der Waals surface area contributed by atoms with E-state index in [1.807, 2.05) is 0 Å². The molecule has 0 fully saturated rings. The standard InChI is InChI=1S/C2H5N5.BrH/c3-1-2-4-6-7-5-2;/h1,3H2,(H,4,5,6,7);1H. The van der Waals surface area contributed by atoms with Crippen molar-refractivity contribution in [1.29, 1.82) is 0 Å². The summed E-state index contributed by atoms with van der Waals surface area (Å²) >= 11 is 0. The van der Waals surface area contributed by atoms with Crippen LogP contribution in [0.2, 0.25) is 0 Å². The van der Waals surface area contributed by atoms with Crippen LogP contribution in [0.15, 0.2) is 0 Å². The van der Waals surface area contributed by atoms with Crippen LogP contribution in [0.25, 0.3) is 0 Å². The van der Waals surface area contributed by atoms with Gasteiger partial charge in [0, 0.05) is 0 Å². The molecule has 0 bridgehead atoms. The molecule has 0 aliphatic rings. The van der Waals surface area contributed by atoms with Crippen molar-refractivity contribution < 1.29 is 0 Å². The van der Waals surface area contributed by atoms with E-state index < -0.39 is 0 Å². The highest BCUT2D eigenvalue weighted by Gasteiger charge is 1.86. The van der Waals surface area contributed by atoms with Gasteiger partial charge in [-0.2, -0.15) is 0 Å². The molecular formula is C2H6BrN5. The molecule has 1 aromatic rings. The third-order valence-corrected chi connectivity index (χ3v) is 0.583. The average Bonchev–Trinajstić information content (AvgIpc) is 2.14. The molecule has 0 aliphatic heterocycles. The molecule has 1 heterocycles. The highest BCUT2D eigenvalue weighted by Crippen LogP contribution is 1.73. The van der Waals surface area contributed by atoms with Crippen LogP contribution in [0.3, 0.4) is 0 Å². The fourth-order valence-corrected chi connectivity index (χ4v) is 0.265. The van der Waals surface area contributed by atoms with Gasteiger partial charge in [0.05, 0.1) is 6.54 Å². The molecular weight excluding hydrogens is 174 g/mol. The highest BCUT2D eigenvalue weighted by molar-refractivity contribution is 8.93. The molecule has 1 rings (SSSR count). The number of aromatic nitrogens is 4. The normalized spacial score (nSPS) is 8.12. The largest absolute Gasteiger partial charge is 0.324 e. The third-order valence-electron chi connectivity index (χ3n) is 0.583. The Labute approximate surface area is 56.4 Å². The van der Waals surface area contributed by atoms with E-state index in [0.717, 1.165) is 0 Å². The van der Waals surface area contributed by atoms with Gasteiger partial charge in [-0.15, -0.1) is 22.1 Å². The van der Waals surface area contributed by atoms with Crippen LogP contribution in [0.4, 0.5) is 0 Å². The summed E-state index contributed by atoms with van der Waals surface area (Å²) in [7, 11) is 0. The van der Waals surface area contributed by atoms with E-state index in [2.05, 4.69) is 20.6 Å². The monoisotopic (exact) mass is 179 g/mol. The number of tetrazole rings is 1. The van der Waals surface area contributed by atoms with Crippen LogP contribution in [0.1, 0.15) is 5.82 Å². The third kappa shape index (κ3) is 1.55. The van der Waals surface area contributed by atoms with Crippen molar-refractivity contribution >= 4 is 17.0 Å². The lowest BCUT2D eigenvalue weighted by molar-refractivity contribution is 0.881. The number of nitrogens with two attached hydrogens (primary N) is 1. The first kappa shape index (κ1) is 7.51. The second-order valence-corrected chi connectivity index (χ2v) is 1.05. The Morgan fingerprint density at radius 1 is 1.62 bits per heavy atom. The summed E-state index contributed by atoms with van der Waals surface area (Å²) in [5, 5.41) is 12.6. The van der Waals surface area contributed by atoms with Crippen LogP contribution in [0.5, 0.6) is 0 Å². The first-order valence-electron chi connectivity index (χ1n) is 1.86. The lowest BCUT2D eigenvalue weighted by Crippen LogP contribution is -1.97. The van der Waals surface area contributed by atoms with Crippen molar-refractivity contribution in [2.75, 3.05) is 0 Å². The zero-order valence-electron chi connectivity index (χ0n) is 4.03. The molecule has 0 aliphatic carbocycles. The maximum Gasteiger partial charge on any atom is 0.162 e. The van der Waals surface area contributed by atoms with Crippen molar-refractivity contribution in [3.05, 3.63) is 5.82 Å². The minimum absolute atomic E-state index is 0. The predicted octanol–water partition coefficient (Wildman–Crippen LogP) is -0.764. The summed E-state index contributed by atoms with van der Waals surface area (Å²) in [6, 6.07) is 0. The Kier molecular flexibility index (Phi) is 3.29. The quantitative estimate of drug-likeness (QED) is 0.594.